The van der Waals surface area contributed by atoms with E-state index in [1.165, 1.54) is 12.1 Å². The molecule has 0 aliphatic heterocycles. The third-order valence-corrected chi connectivity index (χ3v) is 3.02. The Labute approximate surface area is 135 Å². The molecule has 2 rings (SSSR count). The van der Waals surface area contributed by atoms with E-state index < -0.39 is 5.97 Å². The average Bonchev–Trinajstić information content (AvgIpc) is 2.55. The van der Waals surface area contributed by atoms with Gasteiger partial charge in [-0.15, -0.1) is 0 Å². The average molecular weight is 313 g/mol. The third-order valence-electron chi connectivity index (χ3n) is 3.02. The van der Waals surface area contributed by atoms with Crippen molar-refractivity contribution in [1.29, 1.82) is 0 Å². The highest BCUT2D eigenvalue weighted by Crippen LogP contribution is 2.28. The molecule has 5 heteroatoms. The van der Waals surface area contributed by atoms with Crippen molar-refractivity contribution in [3.8, 4) is 11.5 Å². The van der Waals surface area contributed by atoms with Crippen molar-refractivity contribution >= 4 is 17.9 Å². The number of ether oxygens (including phenoxy) is 2. The van der Waals surface area contributed by atoms with Gasteiger partial charge in [0.25, 0.3) is 0 Å². The van der Waals surface area contributed by atoms with Crippen molar-refractivity contribution in [1.82, 2.24) is 0 Å². The second-order valence-corrected chi connectivity index (χ2v) is 4.69. The van der Waals surface area contributed by atoms with Crippen LogP contribution in [0.15, 0.2) is 47.5 Å². The molecule has 0 aliphatic carbocycles. The van der Waals surface area contributed by atoms with Gasteiger partial charge in [-0.3, -0.25) is 4.99 Å². The summed E-state index contributed by atoms with van der Waals surface area (Å²) >= 11 is 0. The second-order valence-electron chi connectivity index (χ2n) is 4.69. The van der Waals surface area contributed by atoms with E-state index >= 15 is 0 Å². The van der Waals surface area contributed by atoms with E-state index in [4.69, 9.17) is 14.6 Å². The molecule has 0 heterocycles. The Hall–Kier alpha value is -2.82. The number of nitrogens with zero attached hydrogens (tertiary/aromatic N) is 1. The van der Waals surface area contributed by atoms with E-state index in [0.29, 0.717) is 30.4 Å². The predicted octanol–water partition coefficient (Wildman–Crippen LogP) is 3.93. The maximum absolute atomic E-state index is 11.0. The number of aromatic carboxylic acids is 1. The summed E-state index contributed by atoms with van der Waals surface area (Å²) in [6.45, 7) is 4.94. The molecule has 0 saturated carbocycles. The summed E-state index contributed by atoms with van der Waals surface area (Å²) in [6, 6.07) is 12.0. The lowest BCUT2D eigenvalue weighted by molar-refractivity contribution is 0.0697. The number of hydrogen-bond donors (Lipinski definition) is 1. The van der Waals surface area contributed by atoms with Crippen LogP contribution >= 0.6 is 0 Å². The van der Waals surface area contributed by atoms with Gasteiger partial charge in [-0.25, -0.2) is 4.79 Å². The molecule has 0 amide bonds. The second kappa shape index (κ2) is 7.98. The number of hydrogen-bond acceptors (Lipinski definition) is 4. The maximum Gasteiger partial charge on any atom is 0.335 e. The molecule has 120 valence electrons. The molecular formula is C18H19NO4. The maximum atomic E-state index is 11.0. The molecule has 0 spiro atoms. The van der Waals surface area contributed by atoms with Crippen molar-refractivity contribution in [3.63, 3.8) is 0 Å². The summed E-state index contributed by atoms with van der Waals surface area (Å²) in [5.41, 5.74) is 1.63. The minimum atomic E-state index is -0.971. The van der Waals surface area contributed by atoms with Gasteiger partial charge in [0.15, 0.2) is 11.5 Å². The molecule has 0 radical (unpaired) electrons. The van der Waals surface area contributed by atoms with Crippen molar-refractivity contribution < 1.29 is 19.4 Å². The van der Waals surface area contributed by atoms with Crippen molar-refractivity contribution in [2.75, 3.05) is 13.2 Å². The molecular weight excluding hydrogens is 294 g/mol. The van der Waals surface area contributed by atoms with Gasteiger partial charge in [0.1, 0.15) is 0 Å². The van der Waals surface area contributed by atoms with Crippen LogP contribution in [0.3, 0.4) is 0 Å². The van der Waals surface area contributed by atoms with Crippen LogP contribution in [0.4, 0.5) is 5.69 Å². The van der Waals surface area contributed by atoms with Gasteiger partial charge in [0.05, 0.1) is 24.5 Å². The Morgan fingerprint density at radius 2 is 1.83 bits per heavy atom. The van der Waals surface area contributed by atoms with Crippen molar-refractivity contribution in [2.24, 2.45) is 4.99 Å². The van der Waals surface area contributed by atoms with Crippen molar-refractivity contribution in [3.05, 3.63) is 53.6 Å². The van der Waals surface area contributed by atoms with E-state index in [-0.39, 0.29) is 5.56 Å². The summed E-state index contributed by atoms with van der Waals surface area (Å²) in [5, 5.41) is 8.99. The van der Waals surface area contributed by atoms with E-state index in [9.17, 15) is 4.79 Å². The van der Waals surface area contributed by atoms with E-state index in [0.717, 1.165) is 5.56 Å². The van der Waals surface area contributed by atoms with E-state index in [2.05, 4.69) is 4.99 Å². The molecule has 0 aliphatic rings. The number of carbonyl (C=O) groups is 1. The zero-order chi connectivity index (χ0) is 16.7. The number of carboxylic acid groups (broad SMARTS) is 1. The normalized spacial score (nSPS) is 10.7. The van der Waals surface area contributed by atoms with E-state index in [1.54, 1.807) is 18.3 Å². The third kappa shape index (κ3) is 4.57. The lowest BCUT2D eigenvalue weighted by Crippen LogP contribution is -1.99. The van der Waals surface area contributed by atoms with Gasteiger partial charge < -0.3 is 14.6 Å². The molecule has 2 aromatic rings. The minimum Gasteiger partial charge on any atom is -0.490 e. The van der Waals surface area contributed by atoms with Crippen LogP contribution in [0.5, 0.6) is 11.5 Å². The van der Waals surface area contributed by atoms with Gasteiger partial charge in [0.2, 0.25) is 0 Å². The Morgan fingerprint density at radius 3 is 2.52 bits per heavy atom. The largest absolute Gasteiger partial charge is 0.490 e. The smallest absolute Gasteiger partial charge is 0.335 e. The monoisotopic (exact) mass is 313 g/mol. The Bertz CT molecular complexity index is 710. The summed E-state index contributed by atoms with van der Waals surface area (Å²) in [7, 11) is 0. The van der Waals surface area contributed by atoms with Gasteiger partial charge in [-0.1, -0.05) is 6.07 Å². The molecule has 0 unspecified atom stereocenters. The standard InChI is InChI=1S/C18H19NO4/c1-3-22-16-9-8-13(10-17(16)23-4-2)12-19-15-7-5-6-14(11-15)18(20)21/h5-12H,3-4H2,1-2H3,(H,20,21). The molecule has 5 nitrogen and oxygen atoms in total. The van der Waals surface area contributed by atoms with Crippen LogP contribution in [0.2, 0.25) is 0 Å². The first-order chi connectivity index (χ1) is 11.1. The summed E-state index contributed by atoms with van der Waals surface area (Å²) in [4.78, 5) is 15.3. The number of aliphatic imine (C=N–C) groups is 1. The number of rotatable bonds is 7. The van der Waals surface area contributed by atoms with Crippen LogP contribution in [0.25, 0.3) is 0 Å². The van der Waals surface area contributed by atoms with Gasteiger partial charge in [-0.2, -0.15) is 0 Å². The molecule has 0 aromatic heterocycles. The van der Waals surface area contributed by atoms with Crippen LogP contribution in [0, 0.1) is 0 Å². The first kappa shape index (κ1) is 16.5. The highest BCUT2D eigenvalue weighted by atomic mass is 16.5. The molecule has 2 aromatic carbocycles. The Kier molecular flexibility index (Phi) is 5.74. The Morgan fingerprint density at radius 1 is 1.09 bits per heavy atom. The zero-order valence-corrected chi connectivity index (χ0v) is 13.2. The summed E-state index contributed by atoms with van der Waals surface area (Å²) in [5.74, 6) is 0.388. The molecule has 23 heavy (non-hydrogen) atoms. The fourth-order valence-electron chi connectivity index (χ4n) is 2.02. The zero-order valence-electron chi connectivity index (χ0n) is 13.2. The summed E-state index contributed by atoms with van der Waals surface area (Å²) in [6.07, 6.45) is 1.67. The highest BCUT2D eigenvalue weighted by molar-refractivity contribution is 5.89. The molecule has 0 fully saturated rings. The van der Waals surface area contributed by atoms with Crippen LogP contribution < -0.4 is 9.47 Å². The van der Waals surface area contributed by atoms with Crippen LogP contribution in [-0.2, 0) is 0 Å². The van der Waals surface area contributed by atoms with Crippen LogP contribution in [0.1, 0.15) is 29.8 Å². The lowest BCUT2D eigenvalue weighted by atomic mass is 10.2. The quantitative estimate of drug-likeness (QED) is 0.786. The van der Waals surface area contributed by atoms with Crippen molar-refractivity contribution in [2.45, 2.75) is 13.8 Å². The SMILES string of the molecule is CCOc1ccc(C=Nc2cccc(C(=O)O)c2)cc1OCC. The number of benzene rings is 2. The Balaban J connectivity index is 2.23. The topological polar surface area (TPSA) is 68.1 Å². The molecule has 1 N–H and O–H groups in total. The predicted molar refractivity (Wildman–Crippen MR) is 89.4 cm³/mol. The fourth-order valence-corrected chi connectivity index (χ4v) is 2.02. The molecule has 0 bridgehead atoms. The first-order valence-electron chi connectivity index (χ1n) is 7.41. The van der Waals surface area contributed by atoms with E-state index in [1.807, 2.05) is 32.0 Å². The molecule has 0 atom stereocenters. The first-order valence-corrected chi connectivity index (χ1v) is 7.41. The molecule has 0 saturated heterocycles. The number of carboxylic acids is 1. The van der Waals surface area contributed by atoms with Gasteiger partial charge >= 0.3 is 5.97 Å². The minimum absolute atomic E-state index is 0.210. The van der Waals surface area contributed by atoms with Crippen LogP contribution in [-0.4, -0.2) is 30.5 Å². The van der Waals surface area contributed by atoms with Gasteiger partial charge in [-0.05, 0) is 55.8 Å². The van der Waals surface area contributed by atoms with Gasteiger partial charge in [0, 0.05) is 6.21 Å². The lowest BCUT2D eigenvalue weighted by Gasteiger charge is -2.11. The summed E-state index contributed by atoms with van der Waals surface area (Å²) < 4.78 is 11.1. The fraction of sp³-hybridized carbons (Fsp3) is 0.222. The highest BCUT2D eigenvalue weighted by Gasteiger charge is 2.05.